The molecule has 0 spiro atoms. The predicted octanol–water partition coefficient (Wildman–Crippen LogP) is 2.53. The lowest BCUT2D eigenvalue weighted by atomic mass is 10.0. The smallest absolute Gasteiger partial charge is 0.227 e. The second-order valence-corrected chi connectivity index (χ2v) is 8.27. The van der Waals surface area contributed by atoms with Crippen molar-refractivity contribution in [3.63, 3.8) is 0 Å². The first-order valence-corrected chi connectivity index (χ1v) is 10.6. The number of amides is 1. The molecule has 1 aromatic heterocycles. The molecule has 0 N–H and O–H groups in total. The van der Waals surface area contributed by atoms with Crippen molar-refractivity contribution in [1.29, 1.82) is 0 Å². The van der Waals surface area contributed by atoms with Crippen molar-refractivity contribution in [2.45, 2.75) is 52.4 Å². The van der Waals surface area contributed by atoms with Crippen molar-refractivity contribution >= 4 is 11.7 Å². The zero-order chi connectivity index (χ0) is 21.3. The summed E-state index contributed by atoms with van der Waals surface area (Å²) in [4.78, 5) is 26.7. The molecular weight excluding hydrogens is 380 g/mol. The van der Waals surface area contributed by atoms with Crippen LogP contribution in [-0.2, 0) is 28.9 Å². The van der Waals surface area contributed by atoms with Crippen LogP contribution in [0.5, 0.6) is 5.75 Å². The van der Waals surface area contributed by atoms with Crippen LogP contribution in [0.25, 0.3) is 0 Å². The number of methoxy groups -OCH3 is 1. The van der Waals surface area contributed by atoms with Gasteiger partial charge in [0.1, 0.15) is 17.4 Å². The second-order valence-electron chi connectivity index (χ2n) is 8.27. The third-order valence-corrected chi connectivity index (χ3v) is 5.74. The van der Waals surface area contributed by atoms with E-state index in [-0.39, 0.29) is 18.1 Å². The van der Waals surface area contributed by atoms with Crippen molar-refractivity contribution < 1.29 is 14.3 Å². The minimum atomic E-state index is 0.126. The molecule has 30 heavy (non-hydrogen) atoms. The van der Waals surface area contributed by atoms with E-state index in [0.717, 1.165) is 53.7 Å². The van der Waals surface area contributed by atoms with Crippen molar-refractivity contribution in [3.8, 4) is 5.75 Å². The number of fused-ring (bicyclic) bond motifs is 1. The molecule has 1 amide bonds. The predicted molar refractivity (Wildman–Crippen MR) is 115 cm³/mol. The van der Waals surface area contributed by atoms with Crippen LogP contribution in [0.15, 0.2) is 24.3 Å². The lowest BCUT2D eigenvalue weighted by Crippen LogP contribution is -2.47. The number of ether oxygens (including phenoxy) is 2. The van der Waals surface area contributed by atoms with Crippen molar-refractivity contribution in [3.05, 3.63) is 46.9 Å². The van der Waals surface area contributed by atoms with Crippen LogP contribution in [0.2, 0.25) is 0 Å². The normalized spacial score (nSPS) is 21.3. The minimum absolute atomic E-state index is 0.126. The standard InChI is InChI=1S/C23H30N4O3/c1-15-12-27(13-16(2)30-15)23-20-14-26(10-9-21(20)24-17(3)25-23)22(28)11-18-5-7-19(29-4)8-6-18/h5-8,15-16H,9-14H2,1-4H3. The number of hydrogen-bond acceptors (Lipinski definition) is 6. The van der Waals surface area contributed by atoms with Crippen LogP contribution < -0.4 is 9.64 Å². The number of nitrogens with zero attached hydrogens (tertiary/aromatic N) is 4. The van der Waals surface area contributed by atoms with E-state index in [1.165, 1.54) is 0 Å². The van der Waals surface area contributed by atoms with Gasteiger partial charge in [-0.15, -0.1) is 0 Å². The summed E-state index contributed by atoms with van der Waals surface area (Å²) in [6.07, 6.45) is 1.44. The first-order valence-electron chi connectivity index (χ1n) is 10.6. The maximum absolute atomic E-state index is 13.0. The number of anilines is 1. The van der Waals surface area contributed by atoms with Crippen molar-refractivity contribution in [2.24, 2.45) is 0 Å². The largest absolute Gasteiger partial charge is 0.497 e. The zero-order valence-electron chi connectivity index (χ0n) is 18.2. The molecule has 2 atom stereocenters. The van der Waals surface area contributed by atoms with Crippen LogP contribution in [0.1, 0.15) is 36.5 Å². The van der Waals surface area contributed by atoms with E-state index in [1.807, 2.05) is 36.1 Å². The van der Waals surface area contributed by atoms with Gasteiger partial charge in [-0.3, -0.25) is 4.79 Å². The van der Waals surface area contributed by atoms with Crippen molar-refractivity contribution in [2.75, 3.05) is 31.6 Å². The number of aryl methyl sites for hydroxylation is 1. The highest BCUT2D eigenvalue weighted by molar-refractivity contribution is 5.79. The van der Waals surface area contributed by atoms with Crippen molar-refractivity contribution in [1.82, 2.24) is 14.9 Å². The number of rotatable bonds is 4. The summed E-state index contributed by atoms with van der Waals surface area (Å²) < 4.78 is 11.1. The van der Waals surface area contributed by atoms with Crippen LogP contribution >= 0.6 is 0 Å². The number of carbonyl (C=O) groups excluding carboxylic acids is 1. The molecule has 2 aliphatic rings. The summed E-state index contributed by atoms with van der Waals surface area (Å²) in [6.45, 7) is 8.97. The van der Waals surface area contributed by atoms with Gasteiger partial charge in [-0.05, 0) is 38.5 Å². The number of hydrogen-bond donors (Lipinski definition) is 0. The molecule has 2 unspecified atom stereocenters. The van der Waals surface area contributed by atoms with E-state index in [9.17, 15) is 4.79 Å². The molecule has 7 heteroatoms. The van der Waals surface area contributed by atoms with Gasteiger partial charge in [-0.2, -0.15) is 0 Å². The summed E-state index contributed by atoms with van der Waals surface area (Å²) in [5.41, 5.74) is 3.14. The molecule has 1 aromatic carbocycles. The monoisotopic (exact) mass is 410 g/mol. The average Bonchev–Trinajstić information content (AvgIpc) is 2.72. The maximum Gasteiger partial charge on any atom is 0.227 e. The van der Waals surface area contributed by atoms with Gasteiger partial charge in [0.05, 0.1) is 38.0 Å². The second kappa shape index (κ2) is 8.60. The molecule has 160 valence electrons. The van der Waals surface area contributed by atoms with E-state index < -0.39 is 0 Å². The summed E-state index contributed by atoms with van der Waals surface area (Å²) in [5, 5.41) is 0. The van der Waals surface area contributed by atoms with E-state index in [0.29, 0.717) is 19.5 Å². The molecule has 1 fully saturated rings. The first-order chi connectivity index (χ1) is 14.4. The lowest BCUT2D eigenvalue weighted by molar-refractivity contribution is -0.131. The number of aromatic nitrogens is 2. The summed E-state index contributed by atoms with van der Waals surface area (Å²) in [7, 11) is 1.64. The van der Waals surface area contributed by atoms with Gasteiger partial charge in [0.2, 0.25) is 5.91 Å². The minimum Gasteiger partial charge on any atom is -0.497 e. The first kappa shape index (κ1) is 20.6. The van der Waals surface area contributed by atoms with Gasteiger partial charge in [0, 0.05) is 31.6 Å². The van der Waals surface area contributed by atoms with Crippen LogP contribution in [0, 0.1) is 6.92 Å². The van der Waals surface area contributed by atoms with Gasteiger partial charge >= 0.3 is 0 Å². The molecule has 3 heterocycles. The average molecular weight is 411 g/mol. The molecular formula is C23H30N4O3. The van der Waals surface area contributed by atoms with Gasteiger partial charge < -0.3 is 19.3 Å². The molecule has 0 radical (unpaired) electrons. The van der Waals surface area contributed by atoms with Gasteiger partial charge in [-0.1, -0.05) is 12.1 Å². The van der Waals surface area contributed by atoms with Crippen LogP contribution in [0.4, 0.5) is 5.82 Å². The van der Waals surface area contributed by atoms with Gasteiger partial charge in [0.15, 0.2) is 0 Å². The molecule has 2 aliphatic heterocycles. The fourth-order valence-electron chi connectivity index (χ4n) is 4.37. The number of benzene rings is 1. The summed E-state index contributed by atoms with van der Waals surface area (Å²) in [6, 6.07) is 7.68. The highest BCUT2D eigenvalue weighted by atomic mass is 16.5. The van der Waals surface area contributed by atoms with Gasteiger partial charge in [-0.25, -0.2) is 9.97 Å². The van der Waals surface area contributed by atoms with E-state index in [4.69, 9.17) is 14.5 Å². The Balaban J connectivity index is 1.54. The molecule has 1 saturated heterocycles. The van der Waals surface area contributed by atoms with E-state index >= 15 is 0 Å². The summed E-state index contributed by atoms with van der Waals surface area (Å²) >= 11 is 0. The Morgan fingerprint density at radius 3 is 2.53 bits per heavy atom. The fraction of sp³-hybridized carbons (Fsp3) is 0.522. The molecule has 0 saturated carbocycles. The number of carbonyl (C=O) groups is 1. The molecule has 0 aliphatic carbocycles. The Kier molecular flexibility index (Phi) is 5.90. The Morgan fingerprint density at radius 2 is 1.87 bits per heavy atom. The van der Waals surface area contributed by atoms with Crippen LogP contribution in [-0.4, -0.2) is 59.7 Å². The Labute approximate surface area is 178 Å². The lowest BCUT2D eigenvalue weighted by Gasteiger charge is -2.38. The Hall–Kier alpha value is -2.67. The SMILES string of the molecule is COc1ccc(CC(=O)N2CCc3nc(C)nc(N4CC(C)OC(C)C4)c3C2)cc1. The highest BCUT2D eigenvalue weighted by Crippen LogP contribution is 2.29. The quantitative estimate of drug-likeness (QED) is 0.772. The van der Waals surface area contributed by atoms with Gasteiger partial charge in [0.25, 0.3) is 0 Å². The maximum atomic E-state index is 13.0. The molecule has 4 rings (SSSR count). The van der Waals surface area contributed by atoms with E-state index in [2.05, 4.69) is 23.7 Å². The molecule has 0 bridgehead atoms. The fourth-order valence-corrected chi connectivity index (χ4v) is 4.37. The van der Waals surface area contributed by atoms with E-state index in [1.54, 1.807) is 7.11 Å². The Bertz CT molecular complexity index is 905. The highest BCUT2D eigenvalue weighted by Gasteiger charge is 2.30. The topological polar surface area (TPSA) is 67.8 Å². The molecule has 7 nitrogen and oxygen atoms in total. The van der Waals surface area contributed by atoms with Crippen LogP contribution in [0.3, 0.4) is 0 Å². The zero-order valence-corrected chi connectivity index (χ0v) is 18.2. The third kappa shape index (κ3) is 4.41. The third-order valence-electron chi connectivity index (χ3n) is 5.74. The summed E-state index contributed by atoms with van der Waals surface area (Å²) in [5.74, 6) is 2.67. The number of morpholine rings is 1. The molecule has 2 aromatic rings. The Morgan fingerprint density at radius 1 is 1.17 bits per heavy atom.